The zero-order chi connectivity index (χ0) is 16.7. The highest BCUT2D eigenvalue weighted by Crippen LogP contribution is 2.22. The van der Waals surface area contributed by atoms with Gasteiger partial charge in [0.2, 0.25) is 0 Å². The summed E-state index contributed by atoms with van der Waals surface area (Å²) in [5.74, 6) is 0.273. The molecule has 4 nitrogen and oxygen atoms in total. The first kappa shape index (κ1) is 17.5. The van der Waals surface area contributed by atoms with E-state index in [1.807, 2.05) is 16.8 Å². The molecule has 1 heterocycles. The van der Waals surface area contributed by atoms with Gasteiger partial charge < -0.3 is 14.0 Å². The lowest BCUT2D eigenvalue weighted by atomic mass is 10.0. The van der Waals surface area contributed by atoms with Crippen LogP contribution in [0.4, 0.5) is 0 Å². The molecule has 2 rings (SSSR count). The van der Waals surface area contributed by atoms with E-state index in [9.17, 15) is 4.79 Å². The molecule has 2 aromatic rings. The van der Waals surface area contributed by atoms with Crippen LogP contribution < -0.4 is 0 Å². The van der Waals surface area contributed by atoms with Crippen LogP contribution >= 0.6 is 0 Å². The summed E-state index contributed by atoms with van der Waals surface area (Å²) in [6.07, 6.45) is 4.09. The van der Waals surface area contributed by atoms with Crippen LogP contribution in [0.2, 0.25) is 0 Å². The van der Waals surface area contributed by atoms with Crippen molar-refractivity contribution in [2.45, 2.75) is 46.1 Å². The number of rotatable bonds is 9. The molecular formula is C19H27NO3. The second-order valence-electron chi connectivity index (χ2n) is 6.10. The first-order valence-corrected chi connectivity index (χ1v) is 8.44. The van der Waals surface area contributed by atoms with Crippen molar-refractivity contribution in [3.8, 4) is 0 Å². The molecule has 0 aliphatic carbocycles. The summed E-state index contributed by atoms with van der Waals surface area (Å²) >= 11 is 0. The number of esters is 1. The normalized spacial score (nSPS) is 11.3. The number of unbranched alkanes of at least 4 members (excludes halogenated alkanes) is 1. The third kappa shape index (κ3) is 5.10. The van der Waals surface area contributed by atoms with Gasteiger partial charge >= 0.3 is 5.97 Å². The van der Waals surface area contributed by atoms with E-state index in [0.29, 0.717) is 19.1 Å². The van der Waals surface area contributed by atoms with Crippen LogP contribution in [-0.2, 0) is 20.8 Å². The predicted molar refractivity (Wildman–Crippen MR) is 92.7 cm³/mol. The van der Waals surface area contributed by atoms with Gasteiger partial charge in [-0.2, -0.15) is 0 Å². The van der Waals surface area contributed by atoms with Crippen LogP contribution in [0.15, 0.2) is 30.5 Å². The van der Waals surface area contributed by atoms with Gasteiger partial charge in [0.1, 0.15) is 13.2 Å². The number of hydrogen-bond donors (Lipinski definition) is 0. The van der Waals surface area contributed by atoms with E-state index in [0.717, 1.165) is 30.4 Å². The molecular weight excluding hydrogens is 290 g/mol. The van der Waals surface area contributed by atoms with Crippen LogP contribution in [0, 0.1) is 0 Å². The molecule has 0 saturated carbocycles. The van der Waals surface area contributed by atoms with Gasteiger partial charge in [-0.05, 0) is 41.5 Å². The number of nitrogens with zero attached hydrogens (tertiary/aromatic N) is 1. The first-order chi connectivity index (χ1) is 11.1. The van der Waals surface area contributed by atoms with E-state index >= 15 is 0 Å². The van der Waals surface area contributed by atoms with Crippen molar-refractivity contribution < 1.29 is 14.3 Å². The Morgan fingerprint density at radius 2 is 2.00 bits per heavy atom. The highest BCUT2D eigenvalue weighted by Gasteiger charge is 2.09. The standard InChI is InChI=1S/C19H27NO3/c1-4-5-10-22-11-12-23-19(21)14-20-9-8-17-13-16(15(2)3)6-7-18(17)20/h6-9,13,15H,4-5,10-12,14H2,1-3H3. The van der Waals surface area contributed by atoms with Gasteiger partial charge in [-0.25, -0.2) is 0 Å². The summed E-state index contributed by atoms with van der Waals surface area (Å²) in [6.45, 7) is 8.23. The van der Waals surface area contributed by atoms with Crippen LogP contribution in [-0.4, -0.2) is 30.4 Å². The molecule has 0 radical (unpaired) electrons. The second kappa shape index (κ2) is 8.73. The number of carbonyl (C=O) groups is 1. The minimum absolute atomic E-state index is 0.227. The topological polar surface area (TPSA) is 40.5 Å². The van der Waals surface area contributed by atoms with Crippen LogP contribution in [0.5, 0.6) is 0 Å². The van der Waals surface area contributed by atoms with Crippen LogP contribution in [0.25, 0.3) is 10.9 Å². The third-order valence-corrected chi connectivity index (χ3v) is 3.89. The number of hydrogen-bond acceptors (Lipinski definition) is 3. The van der Waals surface area contributed by atoms with Crippen molar-refractivity contribution >= 4 is 16.9 Å². The molecule has 23 heavy (non-hydrogen) atoms. The molecule has 0 saturated heterocycles. The molecule has 0 fully saturated rings. The Kier molecular flexibility index (Phi) is 6.66. The van der Waals surface area contributed by atoms with Gasteiger partial charge in [0, 0.05) is 18.3 Å². The van der Waals surface area contributed by atoms with Gasteiger partial charge in [-0.15, -0.1) is 0 Å². The minimum atomic E-state index is -0.227. The fraction of sp³-hybridized carbons (Fsp3) is 0.526. The fourth-order valence-corrected chi connectivity index (χ4v) is 2.46. The zero-order valence-corrected chi connectivity index (χ0v) is 14.4. The fourth-order valence-electron chi connectivity index (χ4n) is 2.46. The second-order valence-corrected chi connectivity index (χ2v) is 6.10. The summed E-state index contributed by atoms with van der Waals surface area (Å²) in [5.41, 5.74) is 2.37. The number of benzene rings is 1. The average Bonchev–Trinajstić information content (AvgIpc) is 2.93. The lowest BCUT2D eigenvalue weighted by Gasteiger charge is -2.09. The van der Waals surface area contributed by atoms with E-state index < -0.39 is 0 Å². The Bertz CT molecular complexity index is 631. The molecule has 0 aliphatic rings. The molecule has 126 valence electrons. The van der Waals surface area contributed by atoms with E-state index in [1.54, 1.807) is 0 Å². The summed E-state index contributed by atoms with van der Waals surface area (Å²) in [4.78, 5) is 11.9. The summed E-state index contributed by atoms with van der Waals surface area (Å²) in [6, 6.07) is 8.42. The predicted octanol–water partition coefficient (Wildman–Crippen LogP) is 4.12. The Morgan fingerprint density at radius 1 is 1.17 bits per heavy atom. The number of fused-ring (bicyclic) bond motifs is 1. The monoisotopic (exact) mass is 317 g/mol. The number of carbonyl (C=O) groups excluding carboxylic acids is 1. The highest BCUT2D eigenvalue weighted by atomic mass is 16.6. The van der Waals surface area contributed by atoms with Crippen LogP contribution in [0.3, 0.4) is 0 Å². The maximum absolute atomic E-state index is 11.9. The molecule has 1 aromatic carbocycles. The Labute approximate surface area is 138 Å². The molecule has 0 atom stereocenters. The van der Waals surface area contributed by atoms with Crippen molar-refractivity contribution in [1.82, 2.24) is 4.57 Å². The Balaban J connectivity index is 1.85. The molecule has 0 unspecified atom stereocenters. The van der Waals surface area contributed by atoms with Gasteiger partial charge in [0.25, 0.3) is 0 Å². The lowest BCUT2D eigenvalue weighted by molar-refractivity contribution is -0.145. The maximum Gasteiger partial charge on any atom is 0.326 e. The van der Waals surface area contributed by atoms with E-state index in [4.69, 9.17) is 9.47 Å². The Morgan fingerprint density at radius 3 is 2.74 bits per heavy atom. The molecule has 0 spiro atoms. The van der Waals surface area contributed by atoms with Gasteiger partial charge in [0.15, 0.2) is 0 Å². The Hall–Kier alpha value is -1.81. The van der Waals surface area contributed by atoms with Gasteiger partial charge in [-0.1, -0.05) is 33.3 Å². The quantitative estimate of drug-likeness (QED) is 0.516. The van der Waals surface area contributed by atoms with Crippen molar-refractivity contribution in [3.05, 3.63) is 36.0 Å². The number of ether oxygens (including phenoxy) is 2. The minimum Gasteiger partial charge on any atom is -0.462 e. The smallest absolute Gasteiger partial charge is 0.326 e. The van der Waals surface area contributed by atoms with E-state index in [-0.39, 0.29) is 12.5 Å². The molecule has 0 bridgehead atoms. The van der Waals surface area contributed by atoms with Crippen molar-refractivity contribution in [2.24, 2.45) is 0 Å². The third-order valence-electron chi connectivity index (χ3n) is 3.89. The van der Waals surface area contributed by atoms with Gasteiger partial charge in [0.05, 0.1) is 6.61 Å². The SMILES string of the molecule is CCCCOCCOC(=O)Cn1ccc2cc(C(C)C)ccc21. The molecule has 4 heteroatoms. The average molecular weight is 317 g/mol. The molecule has 1 aromatic heterocycles. The summed E-state index contributed by atoms with van der Waals surface area (Å²) in [7, 11) is 0. The zero-order valence-electron chi connectivity index (χ0n) is 14.4. The largest absolute Gasteiger partial charge is 0.462 e. The highest BCUT2D eigenvalue weighted by molar-refractivity contribution is 5.82. The van der Waals surface area contributed by atoms with Gasteiger partial charge in [-0.3, -0.25) is 4.79 Å². The summed E-state index contributed by atoms with van der Waals surface area (Å²) in [5, 5.41) is 1.16. The van der Waals surface area contributed by atoms with Crippen molar-refractivity contribution in [2.75, 3.05) is 19.8 Å². The molecule has 0 N–H and O–H groups in total. The summed E-state index contributed by atoms with van der Waals surface area (Å²) < 4.78 is 12.5. The first-order valence-electron chi connectivity index (χ1n) is 8.44. The molecule has 0 amide bonds. The van der Waals surface area contributed by atoms with Crippen LogP contribution in [0.1, 0.15) is 45.1 Å². The lowest BCUT2D eigenvalue weighted by Crippen LogP contribution is -2.16. The number of aromatic nitrogens is 1. The maximum atomic E-state index is 11.9. The van der Waals surface area contributed by atoms with E-state index in [2.05, 4.69) is 39.0 Å². The van der Waals surface area contributed by atoms with E-state index in [1.165, 1.54) is 5.56 Å². The van der Waals surface area contributed by atoms with Crippen molar-refractivity contribution in [1.29, 1.82) is 0 Å². The molecule has 0 aliphatic heterocycles. The van der Waals surface area contributed by atoms with Crippen molar-refractivity contribution in [3.63, 3.8) is 0 Å².